The first kappa shape index (κ1) is 5.03. The molecular formula is C4H8O3. The van der Waals surface area contributed by atoms with Crippen LogP contribution in [0.1, 0.15) is 6.42 Å². The average Bonchev–Trinajstić information content (AvgIpc) is 2.42. The van der Waals surface area contributed by atoms with Gasteiger partial charge in [-0.3, -0.25) is 5.26 Å². The normalized spacial score (nSPS) is 27.9. The van der Waals surface area contributed by atoms with Crippen molar-refractivity contribution in [2.75, 3.05) is 13.2 Å². The number of hydrogen-bond donors (Lipinski definition) is 1. The molecule has 0 spiro atoms. The molecule has 1 heterocycles. The summed E-state index contributed by atoms with van der Waals surface area (Å²) in [5, 5.41) is 7.79. The molecule has 0 aromatic heterocycles. The van der Waals surface area contributed by atoms with Crippen molar-refractivity contribution in [1.82, 2.24) is 0 Å². The average molecular weight is 104 g/mol. The van der Waals surface area contributed by atoms with Crippen LogP contribution in [0.3, 0.4) is 0 Å². The highest BCUT2D eigenvalue weighted by molar-refractivity contribution is 4.67. The van der Waals surface area contributed by atoms with Crippen LogP contribution in [0.2, 0.25) is 0 Å². The van der Waals surface area contributed by atoms with Crippen molar-refractivity contribution in [2.45, 2.75) is 12.5 Å². The van der Waals surface area contributed by atoms with Gasteiger partial charge in [0.05, 0.1) is 19.3 Å². The van der Waals surface area contributed by atoms with Crippen LogP contribution in [0.25, 0.3) is 0 Å². The van der Waals surface area contributed by atoms with E-state index in [0.29, 0.717) is 12.7 Å². The van der Waals surface area contributed by atoms with Gasteiger partial charge in [0.1, 0.15) is 0 Å². The van der Waals surface area contributed by atoms with E-state index in [1.165, 1.54) is 0 Å². The van der Waals surface area contributed by atoms with Gasteiger partial charge in [0.15, 0.2) is 0 Å². The van der Waals surface area contributed by atoms with E-state index in [0.717, 1.165) is 13.0 Å². The Morgan fingerprint density at radius 3 is 3.00 bits per heavy atom. The van der Waals surface area contributed by atoms with Crippen molar-refractivity contribution in [2.24, 2.45) is 0 Å². The number of ether oxygens (including phenoxy) is 1. The smallest absolute Gasteiger partial charge is 0.0845 e. The van der Waals surface area contributed by atoms with Gasteiger partial charge in [-0.2, -0.15) is 0 Å². The first-order valence-electron chi connectivity index (χ1n) is 2.31. The van der Waals surface area contributed by atoms with Crippen LogP contribution in [0, 0.1) is 0 Å². The van der Waals surface area contributed by atoms with Crippen molar-refractivity contribution in [3.8, 4) is 0 Å². The first-order valence-corrected chi connectivity index (χ1v) is 2.31. The highest BCUT2D eigenvalue weighted by atomic mass is 17.1. The van der Waals surface area contributed by atoms with Crippen molar-refractivity contribution in [3.05, 3.63) is 0 Å². The number of hydrogen-bond acceptors (Lipinski definition) is 3. The number of epoxide rings is 1. The minimum Gasteiger partial charge on any atom is -0.373 e. The van der Waals surface area contributed by atoms with Gasteiger partial charge in [-0.05, 0) is 0 Å². The molecule has 0 amide bonds. The van der Waals surface area contributed by atoms with Gasteiger partial charge >= 0.3 is 0 Å². The molecule has 1 unspecified atom stereocenters. The summed E-state index contributed by atoms with van der Waals surface area (Å²) in [5.41, 5.74) is 0. The van der Waals surface area contributed by atoms with Crippen molar-refractivity contribution >= 4 is 0 Å². The van der Waals surface area contributed by atoms with E-state index in [1.807, 2.05) is 0 Å². The lowest BCUT2D eigenvalue weighted by molar-refractivity contribution is -0.243. The molecule has 1 fully saturated rings. The first-order chi connectivity index (χ1) is 3.43. The lowest BCUT2D eigenvalue weighted by atomic mass is 10.4. The van der Waals surface area contributed by atoms with Crippen molar-refractivity contribution in [1.29, 1.82) is 0 Å². The fourth-order valence-corrected chi connectivity index (χ4v) is 0.419. The summed E-state index contributed by atoms with van der Waals surface area (Å²) in [6.07, 6.45) is 1.18. The Morgan fingerprint density at radius 1 is 1.86 bits per heavy atom. The predicted molar refractivity (Wildman–Crippen MR) is 22.9 cm³/mol. The molecule has 1 aliphatic heterocycles. The van der Waals surface area contributed by atoms with Crippen molar-refractivity contribution < 1.29 is 14.9 Å². The van der Waals surface area contributed by atoms with Crippen LogP contribution in [-0.2, 0) is 9.62 Å². The van der Waals surface area contributed by atoms with E-state index < -0.39 is 0 Å². The maximum absolute atomic E-state index is 7.79. The summed E-state index contributed by atoms with van der Waals surface area (Å²) in [6, 6.07) is 0. The second-order valence-corrected chi connectivity index (χ2v) is 1.58. The second-order valence-electron chi connectivity index (χ2n) is 1.58. The standard InChI is InChI=1S/C4H8O3/c5-7-2-1-4-3-6-4/h4-5H,1-3H2. The summed E-state index contributed by atoms with van der Waals surface area (Å²) < 4.78 is 4.82. The largest absolute Gasteiger partial charge is 0.373 e. The Bertz CT molecular complexity index is 50.9. The van der Waals surface area contributed by atoms with Crippen LogP contribution in [0.5, 0.6) is 0 Å². The van der Waals surface area contributed by atoms with E-state index in [9.17, 15) is 0 Å². The van der Waals surface area contributed by atoms with Gasteiger partial charge < -0.3 is 4.74 Å². The molecule has 0 radical (unpaired) electrons. The zero-order valence-corrected chi connectivity index (χ0v) is 3.96. The van der Waals surface area contributed by atoms with Crippen molar-refractivity contribution in [3.63, 3.8) is 0 Å². The molecule has 0 saturated carbocycles. The lowest BCUT2D eigenvalue weighted by Gasteiger charge is -1.87. The van der Waals surface area contributed by atoms with Crippen LogP contribution in [0.15, 0.2) is 0 Å². The summed E-state index contributed by atoms with van der Waals surface area (Å²) in [7, 11) is 0. The minimum absolute atomic E-state index is 0.368. The maximum Gasteiger partial charge on any atom is 0.0845 e. The maximum atomic E-state index is 7.79. The van der Waals surface area contributed by atoms with Gasteiger partial charge in [0.25, 0.3) is 0 Å². The molecule has 1 rings (SSSR count). The van der Waals surface area contributed by atoms with Gasteiger partial charge in [0, 0.05) is 6.42 Å². The molecule has 0 aromatic carbocycles. The molecule has 0 aromatic rings. The zero-order chi connectivity index (χ0) is 5.11. The highest BCUT2D eigenvalue weighted by Gasteiger charge is 2.21. The third kappa shape index (κ3) is 1.87. The Morgan fingerprint density at radius 2 is 2.57 bits per heavy atom. The van der Waals surface area contributed by atoms with E-state index in [-0.39, 0.29) is 0 Å². The topological polar surface area (TPSA) is 42.0 Å². The molecule has 42 valence electrons. The Hall–Kier alpha value is -0.120. The Labute approximate surface area is 41.8 Å². The molecule has 1 atom stereocenters. The van der Waals surface area contributed by atoms with Gasteiger partial charge in [0.2, 0.25) is 0 Å². The van der Waals surface area contributed by atoms with Gasteiger partial charge in [-0.15, -0.1) is 0 Å². The number of rotatable bonds is 3. The second kappa shape index (κ2) is 2.26. The Balaban J connectivity index is 1.80. The van der Waals surface area contributed by atoms with Gasteiger partial charge in [-0.1, -0.05) is 0 Å². The minimum atomic E-state index is 0.368. The molecular weight excluding hydrogens is 96.0 g/mol. The monoisotopic (exact) mass is 104 g/mol. The van der Waals surface area contributed by atoms with Crippen LogP contribution in [0.4, 0.5) is 0 Å². The van der Waals surface area contributed by atoms with E-state index in [2.05, 4.69) is 4.89 Å². The molecule has 3 heteroatoms. The molecule has 1 aliphatic rings. The Kier molecular flexibility index (Phi) is 1.62. The third-order valence-electron chi connectivity index (χ3n) is 0.933. The molecule has 1 saturated heterocycles. The molecule has 0 bridgehead atoms. The lowest BCUT2D eigenvalue weighted by Crippen LogP contribution is -1.93. The molecule has 1 N–H and O–H groups in total. The fourth-order valence-electron chi connectivity index (χ4n) is 0.419. The fraction of sp³-hybridized carbons (Fsp3) is 1.00. The summed E-state index contributed by atoms with van der Waals surface area (Å²) in [6.45, 7) is 1.23. The van der Waals surface area contributed by atoms with E-state index in [4.69, 9.17) is 9.99 Å². The predicted octanol–water partition coefficient (Wildman–Crippen LogP) is 0.265. The van der Waals surface area contributed by atoms with Gasteiger partial charge in [-0.25, -0.2) is 4.89 Å². The molecule has 3 nitrogen and oxygen atoms in total. The van der Waals surface area contributed by atoms with Crippen LogP contribution >= 0.6 is 0 Å². The molecule has 7 heavy (non-hydrogen) atoms. The quantitative estimate of drug-likeness (QED) is 0.317. The highest BCUT2D eigenvalue weighted by Crippen LogP contribution is 2.12. The van der Waals surface area contributed by atoms with E-state index >= 15 is 0 Å². The van der Waals surface area contributed by atoms with Crippen LogP contribution in [-0.4, -0.2) is 24.6 Å². The van der Waals surface area contributed by atoms with E-state index in [1.54, 1.807) is 0 Å². The SMILES string of the molecule is OOCCC1CO1. The zero-order valence-electron chi connectivity index (χ0n) is 3.96. The van der Waals surface area contributed by atoms with Crippen LogP contribution < -0.4 is 0 Å². The summed E-state index contributed by atoms with van der Waals surface area (Å²) in [4.78, 5) is 3.81. The summed E-state index contributed by atoms with van der Waals surface area (Å²) in [5.74, 6) is 0. The molecule has 0 aliphatic carbocycles. The summed E-state index contributed by atoms with van der Waals surface area (Å²) >= 11 is 0. The third-order valence-corrected chi connectivity index (χ3v) is 0.933.